The van der Waals surface area contributed by atoms with Gasteiger partial charge in [-0.2, -0.15) is 0 Å². The van der Waals surface area contributed by atoms with Gasteiger partial charge in [-0.1, -0.05) is 0 Å². The maximum absolute atomic E-state index is 6.00. The molecule has 0 amide bonds. The first kappa shape index (κ1) is 12.4. The van der Waals surface area contributed by atoms with E-state index >= 15 is 0 Å². The molecule has 1 saturated heterocycles. The van der Waals surface area contributed by atoms with Crippen LogP contribution in [0, 0.1) is 19.8 Å². The molecule has 19 heavy (non-hydrogen) atoms. The molecule has 3 rings (SSSR count). The molecule has 0 radical (unpaired) electrons. The molecule has 2 aromatic heterocycles. The molecule has 2 atom stereocenters. The predicted molar refractivity (Wildman–Crippen MR) is 75.1 cm³/mol. The van der Waals surface area contributed by atoms with Crippen LogP contribution < -0.4 is 5.73 Å². The lowest BCUT2D eigenvalue weighted by atomic mass is 10.0. The van der Waals surface area contributed by atoms with E-state index in [-0.39, 0.29) is 0 Å². The summed E-state index contributed by atoms with van der Waals surface area (Å²) in [5.74, 6) is 1.11. The molecule has 3 heterocycles. The van der Waals surface area contributed by atoms with Crippen molar-refractivity contribution in [2.45, 2.75) is 33.2 Å². The van der Waals surface area contributed by atoms with Crippen LogP contribution in [-0.2, 0) is 4.74 Å². The van der Waals surface area contributed by atoms with Gasteiger partial charge < -0.3 is 15.0 Å². The maximum Gasteiger partial charge on any atom is 0.146 e. The molecular formula is C14H20N4O. The van der Waals surface area contributed by atoms with E-state index in [1.54, 1.807) is 6.33 Å². The number of nitrogens with zero attached hydrogens (tertiary/aromatic N) is 3. The zero-order valence-corrected chi connectivity index (χ0v) is 11.7. The van der Waals surface area contributed by atoms with Crippen LogP contribution in [0.2, 0.25) is 0 Å². The Balaban J connectivity index is 2.17. The summed E-state index contributed by atoms with van der Waals surface area (Å²) in [6.45, 7) is 8.15. The average Bonchev–Trinajstić information content (AvgIpc) is 2.99. The average molecular weight is 260 g/mol. The molecule has 0 saturated carbocycles. The summed E-state index contributed by atoms with van der Waals surface area (Å²) in [7, 11) is 0. The first-order valence-electron chi connectivity index (χ1n) is 6.76. The van der Waals surface area contributed by atoms with Crippen molar-refractivity contribution < 1.29 is 4.74 Å². The van der Waals surface area contributed by atoms with Crippen LogP contribution in [0.25, 0.3) is 11.0 Å². The largest absolute Gasteiger partial charge is 0.383 e. The van der Waals surface area contributed by atoms with Crippen molar-refractivity contribution in [3.05, 3.63) is 17.6 Å². The third-order valence-electron chi connectivity index (χ3n) is 4.42. The van der Waals surface area contributed by atoms with Gasteiger partial charge in [-0.3, -0.25) is 0 Å². The van der Waals surface area contributed by atoms with Crippen molar-refractivity contribution in [3.63, 3.8) is 0 Å². The number of fused-ring (bicyclic) bond motifs is 1. The quantitative estimate of drug-likeness (QED) is 0.899. The van der Waals surface area contributed by atoms with Crippen molar-refractivity contribution in [1.29, 1.82) is 0 Å². The second kappa shape index (κ2) is 4.49. The van der Waals surface area contributed by atoms with Crippen LogP contribution in [0.3, 0.4) is 0 Å². The van der Waals surface area contributed by atoms with E-state index in [1.165, 1.54) is 11.3 Å². The highest BCUT2D eigenvalue weighted by molar-refractivity contribution is 5.90. The number of hydrogen-bond donors (Lipinski definition) is 1. The van der Waals surface area contributed by atoms with Gasteiger partial charge in [-0.05, 0) is 32.8 Å². The minimum atomic E-state index is 0.369. The van der Waals surface area contributed by atoms with Gasteiger partial charge in [-0.15, -0.1) is 0 Å². The lowest BCUT2D eigenvalue weighted by Gasteiger charge is -2.22. The van der Waals surface area contributed by atoms with Crippen molar-refractivity contribution in [2.24, 2.45) is 5.92 Å². The molecule has 1 aliphatic heterocycles. The van der Waals surface area contributed by atoms with E-state index in [0.29, 0.717) is 17.8 Å². The first-order valence-corrected chi connectivity index (χ1v) is 6.76. The third kappa shape index (κ3) is 1.80. The minimum absolute atomic E-state index is 0.369. The van der Waals surface area contributed by atoms with E-state index in [4.69, 9.17) is 10.5 Å². The summed E-state index contributed by atoms with van der Waals surface area (Å²) in [4.78, 5) is 8.56. The molecule has 2 aromatic rings. The van der Waals surface area contributed by atoms with Crippen molar-refractivity contribution in [1.82, 2.24) is 14.5 Å². The van der Waals surface area contributed by atoms with Crippen LogP contribution in [-0.4, -0.2) is 27.7 Å². The summed E-state index contributed by atoms with van der Waals surface area (Å²) in [6, 6.07) is 0.369. The molecule has 2 N–H and O–H groups in total. The highest BCUT2D eigenvalue weighted by Crippen LogP contribution is 2.34. The van der Waals surface area contributed by atoms with E-state index in [0.717, 1.165) is 30.7 Å². The topological polar surface area (TPSA) is 66.0 Å². The monoisotopic (exact) mass is 260 g/mol. The molecule has 1 fully saturated rings. The molecule has 5 heteroatoms. The highest BCUT2D eigenvalue weighted by atomic mass is 16.5. The normalized spacial score (nSPS) is 21.1. The second-order valence-corrected chi connectivity index (χ2v) is 5.40. The Bertz CT molecular complexity index is 613. The number of rotatable bonds is 2. The van der Waals surface area contributed by atoms with E-state index in [1.807, 2.05) is 0 Å². The SMILES string of the molecule is Cc1c(C)n(C(C)C2CCOC2)c2ncnc(N)c12. The molecule has 102 valence electrons. The van der Waals surface area contributed by atoms with Gasteiger partial charge in [0, 0.05) is 24.3 Å². The first-order chi connectivity index (χ1) is 9.11. The van der Waals surface area contributed by atoms with Gasteiger partial charge in [0.15, 0.2) is 0 Å². The fourth-order valence-electron chi connectivity index (χ4n) is 3.09. The van der Waals surface area contributed by atoms with E-state index < -0.39 is 0 Å². The molecule has 1 aliphatic rings. The standard InChI is InChI=1S/C14H20N4O/c1-8-9(2)18(10(3)11-4-5-19-6-11)14-12(8)13(15)16-7-17-14/h7,10-11H,4-6H2,1-3H3,(H2,15,16,17). The van der Waals surface area contributed by atoms with E-state index in [9.17, 15) is 0 Å². The Morgan fingerprint density at radius 2 is 2.21 bits per heavy atom. The Hall–Kier alpha value is -1.62. The summed E-state index contributed by atoms with van der Waals surface area (Å²) >= 11 is 0. The Kier molecular flexibility index (Phi) is 2.93. The van der Waals surface area contributed by atoms with Gasteiger partial charge in [0.25, 0.3) is 0 Å². The van der Waals surface area contributed by atoms with Gasteiger partial charge in [-0.25, -0.2) is 9.97 Å². The molecular weight excluding hydrogens is 240 g/mol. The number of ether oxygens (including phenoxy) is 1. The smallest absolute Gasteiger partial charge is 0.146 e. The summed E-state index contributed by atoms with van der Waals surface area (Å²) in [6.07, 6.45) is 2.66. The zero-order chi connectivity index (χ0) is 13.6. The van der Waals surface area contributed by atoms with E-state index in [2.05, 4.69) is 35.3 Å². The minimum Gasteiger partial charge on any atom is -0.383 e. The molecule has 0 spiro atoms. The Morgan fingerprint density at radius 1 is 1.42 bits per heavy atom. The van der Waals surface area contributed by atoms with Crippen molar-refractivity contribution in [2.75, 3.05) is 18.9 Å². The Morgan fingerprint density at radius 3 is 2.89 bits per heavy atom. The van der Waals surface area contributed by atoms with Crippen molar-refractivity contribution >= 4 is 16.9 Å². The van der Waals surface area contributed by atoms with Crippen LogP contribution in [0.5, 0.6) is 0 Å². The van der Waals surface area contributed by atoms with Crippen LogP contribution in [0.4, 0.5) is 5.82 Å². The molecule has 0 bridgehead atoms. The number of nitrogens with two attached hydrogens (primary N) is 1. The van der Waals surface area contributed by atoms with Gasteiger partial charge in [0.1, 0.15) is 17.8 Å². The number of nitrogen functional groups attached to an aromatic ring is 1. The van der Waals surface area contributed by atoms with Gasteiger partial charge >= 0.3 is 0 Å². The summed E-state index contributed by atoms with van der Waals surface area (Å²) in [5, 5.41) is 0.991. The summed E-state index contributed by atoms with van der Waals surface area (Å²) < 4.78 is 7.81. The molecule has 0 aromatic carbocycles. The van der Waals surface area contributed by atoms with Gasteiger partial charge in [0.05, 0.1) is 12.0 Å². The lowest BCUT2D eigenvalue weighted by molar-refractivity contribution is 0.175. The molecule has 0 aliphatic carbocycles. The number of aromatic nitrogens is 3. The second-order valence-electron chi connectivity index (χ2n) is 5.40. The number of hydrogen-bond acceptors (Lipinski definition) is 4. The number of aryl methyl sites for hydroxylation is 1. The molecule has 5 nitrogen and oxygen atoms in total. The predicted octanol–water partition coefficient (Wildman–Crippen LogP) is 2.23. The fraction of sp³-hybridized carbons (Fsp3) is 0.571. The van der Waals surface area contributed by atoms with Crippen LogP contribution >= 0.6 is 0 Å². The third-order valence-corrected chi connectivity index (χ3v) is 4.42. The number of anilines is 1. The Labute approximate surface area is 112 Å². The highest BCUT2D eigenvalue weighted by Gasteiger charge is 2.27. The van der Waals surface area contributed by atoms with Crippen LogP contribution in [0.15, 0.2) is 6.33 Å². The van der Waals surface area contributed by atoms with Crippen LogP contribution in [0.1, 0.15) is 30.6 Å². The molecule has 2 unspecified atom stereocenters. The van der Waals surface area contributed by atoms with Crippen molar-refractivity contribution in [3.8, 4) is 0 Å². The maximum atomic E-state index is 6.00. The zero-order valence-electron chi connectivity index (χ0n) is 11.7. The fourth-order valence-corrected chi connectivity index (χ4v) is 3.09. The lowest BCUT2D eigenvalue weighted by Crippen LogP contribution is -2.18. The summed E-state index contributed by atoms with van der Waals surface area (Å²) in [5.41, 5.74) is 9.35. The van der Waals surface area contributed by atoms with Gasteiger partial charge in [0.2, 0.25) is 0 Å².